The lowest BCUT2D eigenvalue weighted by atomic mass is 10.0. The summed E-state index contributed by atoms with van der Waals surface area (Å²) < 4.78 is 5.19. The second kappa shape index (κ2) is 6.95. The van der Waals surface area contributed by atoms with Gasteiger partial charge in [0.2, 0.25) is 0 Å². The van der Waals surface area contributed by atoms with E-state index in [1.165, 1.54) is 11.1 Å². The fourth-order valence-electron chi connectivity index (χ4n) is 2.17. The van der Waals surface area contributed by atoms with Crippen molar-refractivity contribution in [3.8, 4) is 5.75 Å². The highest BCUT2D eigenvalue weighted by molar-refractivity contribution is 5.29. The maximum absolute atomic E-state index is 5.19. The Morgan fingerprint density at radius 3 is 2.26 bits per heavy atom. The van der Waals surface area contributed by atoms with Crippen LogP contribution in [0.5, 0.6) is 5.75 Å². The quantitative estimate of drug-likeness (QED) is 0.844. The largest absolute Gasteiger partial charge is 0.497 e. The minimum Gasteiger partial charge on any atom is -0.497 e. The van der Waals surface area contributed by atoms with Gasteiger partial charge in [-0.2, -0.15) is 0 Å². The third kappa shape index (κ3) is 3.83. The van der Waals surface area contributed by atoms with Crippen molar-refractivity contribution in [1.82, 2.24) is 5.32 Å². The molecule has 0 heterocycles. The van der Waals surface area contributed by atoms with Crippen LogP contribution in [-0.2, 0) is 6.54 Å². The summed E-state index contributed by atoms with van der Waals surface area (Å²) in [5, 5.41) is 3.60. The van der Waals surface area contributed by atoms with E-state index in [2.05, 4.69) is 48.6 Å². The van der Waals surface area contributed by atoms with Gasteiger partial charge in [-0.1, -0.05) is 49.4 Å². The third-order valence-corrected chi connectivity index (χ3v) is 3.32. The molecule has 2 aromatic rings. The molecule has 0 saturated carbocycles. The average molecular weight is 255 g/mol. The van der Waals surface area contributed by atoms with Gasteiger partial charge >= 0.3 is 0 Å². The number of nitrogens with one attached hydrogen (secondary N) is 1. The number of ether oxygens (including phenoxy) is 1. The summed E-state index contributed by atoms with van der Waals surface area (Å²) in [7, 11) is 1.69. The van der Waals surface area contributed by atoms with E-state index in [-0.39, 0.29) is 0 Å². The molecular weight excluding hydrogens is 234 g/mol. The molecule has 0 aliphatic heterocycles. The van der Waals surface area contributed by atoms with Crippen molar-refractivity contribution < 1.29 is 4.74 Å². The first-order chi connectivity index (χ1) is 9.33. The van der Waals surface area contributed by atoms with E-state index in [1.807, 2.05) is 18.2 Å². The van der Waals surface area contributed by atoms with Crippen molar-refractivity contribution >= 4 is 0 Å². The second-order valence-corrected chi connectivity index (χ2v) is 4.60. The molecule has 1 unspecified atom stereocenters. The molecule has 100 valence electrons. The molecule has 0 aliphatic rings. The Labute approximate surface area is 115 Å². The van der Waals surface area contributed by atoms with E-state index >= 15 is 0 Å². The molecule has 0 fully saturated rings. The molecule has 0 radical (unpaired) electrons. The molecule has 0 spiro atoms. The van der Waals surface area contributed by atoms with Crippen LogP contribution in [0.2, 0.25) is 0 Å². The zero-order valence-electron chi connectivity index (χ0n) is 11.6. The first kappa shape index (κ1) is 13.6. The monoisotopic (exact) mass is 255 g/mol. The summed E-state index contributed by atoms with van der Waals surface area (Å²) >= 11 is 0. The molecule has 2 nitrogen and oxygen atoms in total. The minimum atomic E-state index is 0.381. The van der Waals surface area contributed by atoms with Crippen LogP contribution in [-0.4, -0.2) is 7.11 Å². The van der Waals surface area contributed by atoms with E-state index in [9.17, 15) is 0 Å². The predicted molar refractivity (Wildman–Crippen MR) is 79.3 cm³/mol. The van der Waals surface area contributed by atoms with Crippen LogP contribution < -0.4 is 10.1 Å². The lowest BCUT2D eigenvalue weighted by molar-refractivity contribution is 0.414. The Bertz CT molecular complexity index is 478. The van der Waals surface area contributed by atoms with Crippen LogP contribution in [0.15, 0.2) is 54.6 Å². The van der Waals surface area contributed by atoms with Gasteiger partial charge in [-0.15, -0.1) is 0 Å². The van der Waals surface area contributed by atoms with Crippen LogP contribution >= 0.6 is 0 Å². The molecule has 0 aliphatic carbocycles. The highest BCUT2D eigenvalue weighted by Crippen LogP contribution is 2.20. The summed E-state index contributed by atoms with van der Waals surface area (Å²) in [6.45, 7) is 3.10. The first-order valence-corrected chi connectivity index (χ1v) is 6.74. The number of hydrogen-bond acceptors (Lipinski definition) is 2. The molecule has 19 heavy (non-hydrogen) atoms. The van der Waals surface area contributed by atoms with E-state index in [1.54, 1.807) is 7.11 Å². The van der Waals surface area contributed by atoms with E-state index in [0.717, 1.165) is 18.7 Å². The fourth-order valence-corrected chi connectivity index (χ4v) is 2.17. The van der Waals surface area contributed by atoms with Gasteiger partial charge in [0.25, 0.3) is 0 Å². The highest BCUT2D eigenvalue weighted by Gasteiger charge is 2.08. The normalized spacial score (nSPS) is 12.1. The van der Waals surface area contributed by atoms with Gasteiger partial charge in [0, 0.05) is 12.6 Å². The maximum atomic E-state index is 5.19. The summed E-state index contributed by atoms with van der Waals surface area (Å²) in [4.78, 5) is 0. The molecule has 0 saturated heterocycles. The smallest absolute Gasteiger partial charge is 0.118 e. The fraction of sp³-hybridized carbons (Fsp3) is 0.294. The van der Waals surface area contributed by atoms with Crippen LogP contribution in [0.25, 0.3) is 0 Å². The first-order valence-electron chi connectivity index (χ1n) is 6.74. The molecule has 1 atom stereocenters. The SMILES string of the molecule is CCC(NCc1ccccc1)c1ccc(OC)cc1. The van der Waals surface area contributed by atoms with Crippen LogP contribution in [0.4, 0.5) is 0 Å². The van der Waals surface area contributed by atoms with Crippen LogP contribution in [0.3, 0.4) is 0 Å². The Balaban J connectivity index is 1.99. The van der Waals surface area contributed by atoms with Gasteiger partial charge in [-0.3, -0.25) is 0 Å². The van der Waals surface area contributed by atoms with Crippen LogP contribution in [0, 0.1) is 0 Å². The topological polar surface area (TPSA) is 21.3 Å². The summed E-state index contributed by atoms with van der Waals surface area (Å²) in [5.74, 6) is 0.904. The number of benzene rings is 2. The Hall–Kier alpha value is -1.80. The average Bonchev–Trinajstić information content (AvgIpc) is 2.49. The van der Waals surface area contributed by atoms with Gasteiger partial charge in [0.15, 0.2) is 0 Å². The molecular formula is C17H21NO. The highest BCUT2D eigenvalue weighted by atomic mass is 16.5. The molecule has 2 rings (SSSR count). The van der Waals surface area contributed by atoms with Gasteiger partial charge in [-0.25, -0.2) is 0 Å². The van der Waals surface area contributed by atoms with Crippen molar-refractivity contribution in [3.63, 3.8) is 0 Å². The molecule has 0 bridgehead atoms. The Morgan fingerprint density at radius 1 is 1.00 bits per heavy atom. The molecule has 0 amide bonds. The van der Waals surface area contributed by atoms with E-state index in [4.69, 9.17) is 4.74 Å². The molecule has 0 aromatic heterocycles. The van der Waals surface area contributed by atoms with E-state index < -0.39 is 0 Å². The minimum absolute atomic E-state index is 0.381. The molecule has 2 aromatic carbocycles. The predicted octanol–water partition coefficient (Wildman–Crippen LogP) is 3.94. The van der Waals surface area contributed by atoms with Crippen molar-refractivity contribution in [1.29, 1.82) is 0 Å². The van der Waals surface area contributed by atoms with Crippen LogP contribution in [0.1, 0.15) is 30.5 Å². The lowest BCUT2D eigenvalue weighted by Gasteiger charge is -2.18. The van der Waals surface area contributed by atoms with Crippen molar-refractivity contribution in [2.45, 2.75) is 25.9 Å². The lowest BCUT2D eigenvalue weighted by Crippen LogP contribution is -2.20. The molecule has 1 N–H and O–H groups in total. The van der Waals surface area contributed by atoms with Gasteiger partial charge in [0.05, 0.1) is 7.11 Å². The third-order valence-electron chi connectivity index (χ3n) is 3.32. The Kier molecular flexibility index (Phi) is 4.99. The van der Waals surface area contributed by atoms with E-state index in [0.29, 0.717) is 6.04 Å². The number of methoxy groups -OCH3 is 1. The molecule has 2 heteroatoms. The number of rotatable bonds is 6. The van der Waals surface area contributed by atoms with Crippen molar-refractivity contribution in [2.24, 2.45) is 0 Å². The Morgan fingerprint density at radius 2 is 1.68 bits per heavy atom. The zero-order chi connectivity index (χ0) is 13.5. The maximum Gasteiger partial charge on any atom is 0.118 e. The summed E-state index contributed by atoms with van der Waals surface area (Å²) in [5.41, 5.74) is 2.62. The van der Waals surface area contributed by atoms with Gasteiger partial charge in [-0.05, 0) is 29.7 Å². The van der Waals surface area contributed by atoms with Gasteiger partial charge < -0.3 is 10.1 Å². The number of hydrogen-bond donors (Lipinski definition) is 1. The summed E-state index contributed by atoms with van der Waals surface area (Å²) in [6, 6.07) is 19.2. The second-order valence-electron chi connectivity index (χ2n) is 4.60. The van der Waals surface area contributed by atoms with Crippen molar-refractivity contribution in [2.75, 3.05) is 7.11 Å². The zero-order valence-corrected chi connectivity index (χ0v) is 11.6. The standard InChI is InChI=1S/C17H21NO/c1-3-17(15-9-11-16(19-2)12-10-15)18-13-14-7-5-4-6-8-14/h4-12,17-18H,3,13H2,1-2H3. The summed E-state index contributed by atoms with van der Waals surface area (Å²) in [6.07, 6.45) is 1.07. The van der Waals surface area contributed by atoms with Gasteiger partial charge in [0.1, 0.15) is 5.75 Å². The van der Waals surface area contributed by atoms with Crippen molar-refractivity contribution in [3.05, 3.63) is 65.7 Å².